The highest BCUT2D eigenvalue weighted by molar-refractivity contribution is 7.99. The van der Waals surface area contributed by atoms with Crippen LogP contribution < -0.4 is 14.8 Å². The van der Waals surface area contributed by atoms with Crippen molar-refractivity contribution in [2.45, 2.75) is 5.03 Å². The van der Waals surface area contributed by atoms with Gasteiger partial charge in [-0.3, -0.25) is 4.79 Å². The van der Waals surface area contributed by atoms with Gasteiger partial charge in [0, 0.05) is 11.3 Å². The molecule has 2 heterocycles. The van der Waals surface area contributed by atoms with Crippen LogP contribution in [0, 0.1) is 0 Å². The predicted octanol–water partition coefficient (Wildman–Crippen LogP) is 3.60. The van der Waals surface area contributed by atoms with Crippen LogP contribution in [0.3, 0.4) is 0 Å². The molecule has 6 nitrogen and oxygen atoms in total. The first-order chi connectivity index (χ1) is 12.8. The molecule has 130 valence electrons. The number of hydrogen-bond acceptors (Lipinski definition) is 6. The Bertz CT molecular complexity index is 917. The third-order valence-corrected chi connectivity index (χ3v) is 4.64. The Morgan fingerprint density at radius 1 is 1.00 bits per heavy atom. The first kappa shape index (κ1) is 16.4. The molecule has 7 heteroatoms. The maximum absolute atomic E-state index is 12.0. The number of aromatic nitrogens is 2. The summed E-state index contributed by atoms with van der Waals surface area (Å²) in [5, 5.41) is 12.0. The molecule has 0 atom stereocenters. The lowest BCUT2D eigenvalue weighted by molar-refractivity contribution is -0.113. The molecule has 26 heavy (non-hydrogen) atoms. The van der Waals surface area contributed by atoms with Crippen molar-refractivity contribution in [3.63, 3.8) is 0 Å². The average molecular weight is 365 g/mol. The van der Waals surface area contributed by atoms with Crippen LogP contribution in [-0.4, -0.2) is 28.7 Å². The number of para-hydroxylation sites is 1. The van der Waals surface area contributed by atoms with Crippen molar-refractivity contribution in [3.05, 3.63) is 60.7 Å². The van der Waals surface area contributed by atoms with Gasteiger partial charge in [0.05, 0.1) is 11.4 Å². The first-order valence-electron chi connectivity index (χ1n) is 7.99. The van der Waals surface area contributed by atoms with Gasteiger partial charge in [-0.25, -0.2) is 0 Å². The first-order valence-corrected chi connectivity index (χ1v) is 8.98. The molecule has 0 radical (unpaired) electrons. The van der Waals surface area contributed by atoms with Gasteiger partial charge in [-0.05, 0) is 42.5 Å². The molecule has 4 rings (SSSR count). The van der Waals surface area contributed by atoms with E-state index in [4.69, 9.17) is 9.47 Å². The lowest BCUT2D eigenvalue weighted by Crippen LogP contribution is -2.13. The van der Waals surface area contributed by atoms with Crippen molar-refractivity contribution in [1.82, 2.24) is 10.2 Å². The molecule has 0 fully saturated rings. The highest BCUT2D eigenvalue weighted by Crippen LogP contribution is 2.35. The van der Waals surface area contributed by atoms with Crippen molar-refractivity contribution >= 4 is 23.4 Å². The Balaban J connectivity index is 1.36. The predicted molar refractivity (Wildman–Crippen MR) is 99.4 cm³/mol. The maximum Gasteiger partial charge on any atom is 0.234 e. The summed E-state index contributed by atoms with van der Waals surface area (Å²) >= 11 is 1.34. The minimum absolute atomic E-state index is 0.0807. The monoisotopic (exact) mass is 365 g/mol. The van der Waals surface area contributed by atoms with E-state index in [9.17, 15) is 4.79 Å². The molecule has 0 spiro atoms. The Morgan fingerprint density at radius 2 is 1.85 bits per heavy atom. The minimum Gasteiger partial charge on any atom is -0.454 e. The summed E-state index contributed by atoms with van der Waals surface area (Å²) in [6.45, 7) is 0.241. The number of thioether (sulfide) groups is 1. The van der Waals surface area contributed by atoms with Gasteiger partial charge in [0.25, 0.3) is 0 Å². The number of benzene rings is 2. The standard InChI is InChI=1S/C19H15N3O3S/c23-18(20-14-4-2-1-3-5-14)11-26-19-9-7-15(21-22-19)13-6-8-16-17(10-13)25-12-24-16/h1-10H,11-12H2,(H,20,23). The van der Waals surface area contributed by atoms with E-state index in [1.54, 1.807) is 0 Å². The van der Waals surface area contributed by atoms with Crippen LogP contribution in [0.15, 0.2) is 65.7 Å². The molecular formula is C19H15N3O3S. The Morgan fingerprint density at radius 3 is 2.65 bits per heavy atom. The van der Waals surface area contributed by atoms with Crippen LogP contribution in [0.2, 0.25) is 0 Å². The molecule has 0 saturated heterocycles. The fraction of sp³-hybridized carbons (Fsp3) is 0.105. The fourth-order valence-electron chi connectivity index (χ4n) is 2.46. The summed E-state index contributed by atoms with van der Waals surface area (Å²) in [4.78, 5) is 12.0. The van der Waals surface area contributed by atoms with E-state index in [0.29, 0.717) is 10.8 Å². The van der Waals surface area contributed by atoms with Crippen molar-refractivity contribution in [3.8, 4) is 22.8 Å². The normalized spacial score (nSPS) is 12.0. The van der Waals surface area contributed by atoms with E-state index in [0.717, 1.165) is 22.7 Å². The second-order valence-corrected chi connectivity index (χ2v) is 6.52. The zero-order chi connectivity index (χ0) is 17.8. The van der Waals surface area contributed by atoms with Crippen molar-refractivity contribution in [2.75, 3.05) is 17.9 Å². The van der Waals surface area contributed by atoms with Gasteiger partial charge >= 0.3 is 0 Å². The number of anilines is 1. The number of ether oxygens (including phenoxy) is 2. The molecule has 0 unspecified atom stereocenters. The van der Waals surface area contributed by atoms with Crippen LogP contribution in [0.1, 0.15) is 0 Å². The summed E-state index contributed by atoms with van der Waals surface area (Å²) in [6, 6.07) is 18.7. The molecule has 1 amide bonds. The second-order valence-electron chi connectivity index (χ2n) is 5.53. The number of amides is 1. The van der Waals surface area contributed by atoms with Crippen LogP contribution >= 0.6 is 11.8 Å². The summed E-state index contributed by atoms with van der Waals surface area (Å²) in [5.74, 6) is 1.63. The van der Waals surface area contributed by atoms with Gasteiger partial charge in [0.1, 0.15) is 5.03 Å². The fourth-order valence-corrected chi connectivity index (χ4v) is 3.08. The van der Waals surface area contributed by atoms with Gasteiger partial charge in [0.2, 0.25) is 12.7 Å². The van der Waals surface area contributed by atoms with E-state index in [-0.39, 0.29) is 18.5 Å². The number of rotatable bonds is 5. The molecular weight excluding hydrogens is 350 g/mol. The van der Waals surface area contributed by atoms with Gasteiger partial charge in [-0.15, -0.1) is 10.2 Å². The van der Waals surface area contributed by atoms with E-state index in [1.165, 1.54) is 11.8 Å². The van der Waals surface area contributed by atoms with Gasteiger partial charge in [-0.2, -0.15) is 0 Å². The van der Waals surface area contributed by atoms with E-state index in [1.807, 2.05) is 60.7 Å². The number of carbonyl (C=O) groups excluding carboxylic acids is 1. The molecule has 3 aromatic rings. The van der Waals surface area contributed by atoms with Crippen LogP contribution in [-0.2, 0) is 4.79 Å². The number of hydrogen-bond donors (Lipinski definition) is 1. The van der Waals surface area contributed by atoms with E-state index >= 15 is 0 Å². The highest BCUT2D eigenvalue weighted by atomic mass is 32.2. The second kappa shape index (κ2) is 7.45. The molecule has 0 bridgehead atoms. The summed E-state index contributed by atoms with van der Waals surface area (Å²) in [6.07, 6.45) is 0. The largest absolute Gasteiger partial charge is 0.454 e. The lowest BCUT2D eigenvalue weighted by Gasteiger charge is -2.05. The average Bonchev–Trinajstić information content (AvgIpc) is 3.15. The number of fused-ring (bicyclic) bond motifs is 1. The molecule has 0 aliphatic carbocycles. The number of carbonyl (C=O) groups is 1. The highest BCUT2D eigenvalue weighted by Gasteiger charge is 2.14. The molecule has 0 saturated carbocycles. The van der Waals surface area contributed by atoms with Crippen molar-refractivity contribution in [1.29, 1.82) is 0 Å². The Labute approximate surface area is 154 Å². The van der Waals surface area contributed by atoms with Crippen molar-refractivity contribution in [2.24, 2.45) is 0 Å². The summed E-state index contributed by atoms with van der Waals surface area (Å²) in [5.41, 5.74) is 2.42. The minimum atomic E-state index is -0.0807. The van der Waals surface area contributed by atoms with Gasteiger partial charge in [0.15, 0.2) is 11.5 Å². The topological polar surface area (TPSA) is 73.3 Å². The zero-order valence-corrected chi connectivity index (χ0v) is 14.5. The number of nitrogens with zero attached hydrogens (tertiary/aromatic N) is 2. The zero-order valence-electron chi connectivity index (χ0n) is 13.7. The van der Waals surface area contributed by atoms with Gasteiger partial charge < -0.3 is 14.8 Å². The van der Waals surface area contributed by atoms with Crippen molar-refractivity contribution < 1.29 is 14.3 Å². The summed E-state index contributed by atoms with van der Waals surface area (Å²) < 4.78 is 10.7. The van der Waals surface area contributed by atoms with Gasteiger partial charge in [-0.1, -0.05) is 30.0 Å². The molecule has 1 aromatic heterocycles. The third kappa shape index (κ3) is 3.78. The van der Waals surface area contributed by atoms with Crippen LogP contribution in [0.25, 0.3) is 11.3 Å². The molecule has 2 aromatic carbocycles. The summed E-state index contributed by atoms with van der Waals surface area (Å²) in [7, 11) is 0. The molecule has 1 aliphatic heterocycles. The van der Waals surface area contributed by atoms with Crippen LogP contribution in [0.4, 0.5) is 5.69 Å². The third-order valence-electron chi connectivity index (χ3n) is 3.72. The molecule has 1 N–H and O–H groups in total. The van der Waals surface area contributed by atoms with Crippen LogP contribution in [0.5, 0.6) is 11.5 Å². The quantitative estimate of drug-likeness (QED) is 0.697. The Kier molecular flexibility index (Phi) is 4.70. The Hall–Kier alpha value is -3.06. The smallest absolute Gasteiger partial charge is 0.234 e. The maximum atomic E-state index is 12.0. The SMILES string of the molecule is O=C(CSc1ccc(-c2ccc3c(c2)OCO3)nn1)Nc1ccccc1. The lowest BCUT2D eigenvalue weighted by atomic mass is 10.1. The van der Waals surface area contributed by atoms with E-state index < -0.39 is 0 Å². The molecule has 1 aliphatic rings. The number of nitrogens with one attached hydrogen (secondary N) is 1. The van der Waals surface area contributed by atoms with E-state index in [2.05, 4.69) is 15.5 Å².